The van der Waals surface area contributed by atoms with E-state index in [9.17, 15) is 5.11 Å². The summed E-state index contributed by atoms with van der Waals surface area (Å²) in [4.78, 5) is 4.88. The van der Waals surface area contributed by atoms with Crippen molar-refractivity contribution in [3.05, 3.63) is 29.8 Å². The average Bonchev–Trinajstić information content (AvgIpc) is 2.15. The first-order valence-corrected chi connectivity index (χ1v) is 4.20. The third kappa shape index (κ3) is 2.47. The highest BCUT2D eigenvalue weighted by atomic mass is 16.6. The smallest absolute Gasteiger partial charge is 0.124 e. The van der Waals surface area contributed by atoms with E-state index in [-0.39, 0.29) is 5.75 Å². The van der Waals surface area contributed by atoms with Crippen molar-refractivity contribution in [2.24, 2.45) is 5.16 Å². The lowest BCUT2D eigenvalue weighted by Crippen LogP contribution is -1.96. The summed E-state index contributed by atoms with van der Waals surface area (Å²) in [6, 6.07) is 7.04. The molecule has 0 bridgehead atoms. The van der Waals surface area contributed by atoms with Crippen LogP contribution in [-0.4, -0.2) is 17.4 Å². The number of phenolic OH excluding ortho intramolecular Hbond substituents is 1. The van der Waals surface area contributed by atoms with E-state index >= 15 is 0 Å². The summed E-state index contributed by atoms with van der Waals surface area (Å²) in [7, 11) is 0. The van der Waals surface area contributed by atoms with E-state index in [1.807, 2.05) is 13.0 Å². The molecular formula is C10H13NO2. The van der Waals surface area contributed by atoms with Crippen LogP contribution in [0.4, 0.5) is 0 Å². The Morgan fingerprint density at radius 2 is 2.15 bits per heavy atom. The molecule has 0 radical (unpaired) electrons. The van der Waals surface area contributed by atoms with Gasteiger partial charge in [-0.3, -0.25) is 0 Å². The second kappa shape index (κ2) is 4.50. The Labute approximate surface area is 77.6 Å². The second-order valence-corrected chi connectivity index (χ2v) is 2.61. The minimum atomic E-state index is 0.225. The van der Waals surface area contributed by atoms with Crippen LogP contribution in [0.3, 0.4) is 0 Å². The van der Waals surface area contributed by atoms with Crippen LogP contribution in [0.1, 0.15) is 19.4 Å². The third-order valence-corrected chi connectivity index (χ3v) is 1.62. The average molecular weight is 179 g/mol. The van der Waals surface area contributed by atoms with Gasteiger partial charge in [0.25, 0.3) is 0 Å². The Hall–Kier alpha value is -1.51. The number of aromatic hydroxyl groups is 1. The highest BCUT2D eigenvalue weighted by Crippen LogP contribution is 2.16. The van der Waals surface area contributed by atoms with Crippen molar-refractivity contribution in [3.63, 3.8) is 0 Å². The standard InChI is InChI=1S/C10H13NO2/c1-3-13-11-8(2)9-6-4-5-7-10(9)12/h4-7,12H,3H2,1-2H3/b11-8-. The fraction of sp³-hybridized carbons (Fsp3) is 0.300. The van der Waals surface area contributed by atoms with Crippen molar-refractivity contribution in [1.29, 1.82) is 0 Å². The van der Waals surface area contributed by atoms with Gasteiger partial charge >= 0.3 is 0 Å². The number of hydrogen-bond donors (Lipinski definition) is 1. The molecule has 3 heteroatoms. The van der Waals surface area contributed by atoms with Crippen LogP contribution in [0.25, 0.3) is 0 Å². The topological polar surface area (TPSA) is 41.8 Å². The molecule has 1 N–H and O–H groups in total. The van der Waals surface area contributed by atoms with Crippen LogP contribution in [0, 0.1) is 0 Å². The quantitative estimate of drug-likeness (QED) is 0.570. The van der Waals surface area contributed by atoms with Gasteiger partial charge in [-0.25, -0.2) is 0 Å². The molecule has 0 aliphatic carbocycles. The maximum Gasteiger partial charge on any atom is 0.124 e. The molecule has 70 valence electrons. The summed E-state index contributed by atoms with van der Waals surface area (Å²) < 4.78 is 0. The fourth-order valence-electron chi connectivity index (χ4n) is 0.990. The lowest BCUT2D eigenvalue weighted by molar-refractivity contribution is 0.159. The lowest BCUT2D eigenvalue weighted by Gasteiger charge is -2.02. The monoisotopic (exact) mass is 179 g/mol. The molecule has 1 aromatic carbocycles. The number of nitrogens with zero attached hydrogens (tertiary/aromatic N) is 1. The van der Waals surface area contributed by atoms with Gasteiger partial charge in [-0.2, -0.15) is 0 Å². The third-order valence-electron chi connectivity index (χ3n) is 1.62. The molecule has 0 unspecified atom stereocenters. The molecule has 0 saturated carbocycles. The first-order chi connectivity index (χ1) is 6.25. The predicted octanol–water partition coefficient (Wildman–Crippen LogP) is 2.15. The van der Waals surface area contributed by atoms with Gasteiger partial charge < -0.3 is 9.94 Å². The summed E-state index contributed by atoms with van der Waals surface area (Å²) in [5.41, 5.74) is 1.39. The highest BCUT2D eigenvalue weighted by molar-refractivity contribution is 6.00. The van der Waals surface area contributed by atoms with Crippen LogP contribution in [-0.2, 0) is 4.84 Å². The first kappa shape index (κ1) is 9.58. The van der Waals surface area contributed by atoms with E-state index in [0.717, 1.165) is 0 Å². The molecule has 0 spiro atoms. The number of phenols is 1. The van der Waals surface area contributed by atoms with Crippen LogP contribution in [0.15, 0.2) is 29.4 Å². The van der Waals surface area contributed by atoms with Gasteiger partial charge in [-0.05, 0) is 26.0 Å². The molecule has 0 fully saturated rings. The lowest BCUT2D eigenvalue weighted by atomic mass is 10.1. The summed E-state index contributed by atoms with van der Waals surface area (Å²) in [6.45, 7) is 4.19. The Bertz CT molecular complexity index is 308. The molecule has 1 rings (SSSR count). The van der Waals surface area contributed by atoms with E-state index in [4.69, 9.17) is 4.84 Å². The number of benzene rings is 1. The highest BCUT2D eigenvalue weighted by Gasteiger charge is 2.02. The number of rotatable bonds is 3. The zero-order chi connectivity index (χ0) is 9.68. The largest absolute Gasteiger partial charge is 0.507 e. The fourth-order valence-corrected chi connectivity index (χ4v) is 0.990. The summed E-state index contributed by atoms with van der Waals surface area (Å²) in [5.74, 6) is 0.225. The maximum atomic E-state index is 9.44. The van der Waals surface area contributed by atoms with Crippen LogP contribution in [0.5, 0.6) is 5.75 Å². The summed E-state index contributed by atoms with van der Waals surface area (Å²) >= 11 is 0. The number of hydrogen-bond acceptors (Lipinski definition) is 3. The van der Waals surface area contributed by atoms with Crippen molar-refractivity contribution >= 4 is 5.71 Å². The molecule has 0 atom stereocenters. The van der Waals surface area contributed by atoms with E-state index in [1.165, 1.54) is 0 Å². The molecular weight excluding hydrogens is 166 g/mol. The molecule has 0 aliphatic rings. The Morgan fingerprint density at radius 1 is 1.46 bits per heavy atom. The Kier molecular flexibility index (Phi) is 3.31. The minimum Gasteiger partial charge on any atom is -0.507 e. The van der Waals surface area contributed by atoms with Crippen LogP contribution >= 0.6 is 0 Å². The maximum absolute atomic E-state index is 9.44. The van der Waals surface area contributed by atoms with Crippen molar-refractivity contribution < 1.29 is 9.94 Å². The molecule has 3 nitrogen and oxygen atoms in total. The summed E-state index contributed by atoms with van der Waals surface area (Å²) in [6.07, 6.45) is 0. The molecule has 0 amide bonds. The molecule has 0 aliphatic heterocycles. The van der Waals surface area contributed by atoms with Gasteiger partial charge in [-0.15, -0.1) is 0 Å². The van der Waals surface area contributed by atoms with Crippen molar-refractivity contribution in [2.75, 3.05) is 6.61 Å². The van der Waals surface area contributed by atoms with Crippen molar-refractivity contribution in [2.45, 2.75) is 13.8 Å². The molecule has 0 saturated heterocycles. The van der Waals surface area contributed by atoms with Gasteiger partial charge in [0.15, 0.2) is 0 Å². The van der Waals surface area contributed by atoms with Crippen LogP contribution < -0.4 is 0 Å². The van der Waals surface area contributed by atoms with Gasteiger partial charge in [0.05, 0.1) is 5.71 Å². The van der Waals surface area contributed by atoms with Gasteiger partial charge in [0, 0.05) is 5.56 Å². The number of oxime groups is 1. The van der Waals surface area contributed by atoms with Gasteiger partial charge in [0.1, 0.15) is 12.4 Å². The second-order valence-electron chi connectivity index (χ2n) is 2.61. The number of para-hydroxylation sites is 1. The predicted molar refractivity (Wildman–Crippen MR) is 51.9 cm³/mol. The molecule has 13 heavy (non-hydrogen) atoms. The molecule has 0 heterocycles. The Morgan fingerprint density at radius 3 is 2.77 bits per heavy atom. The molecule has 0 aromatic heterocycles. The van der Waals surface area contributed by atoms with Crippen LogP contribution in [0.2, 0.25) is 0 Å². The van der Waals surface area contributed by atoms with Gasteiger partial charge in [0.2, 0.25) is 0 Å². The van der Waals surface area contributed by atoms with E-state index in [1.54, 1.807) is 25.1 Å². The zero-order valence-electron chi connectivity index (χ0n) is 7.82. The first-order valence-electron chi connectivity index (χ1n) is 4.20. The normalized spacial score (nSPS) is 11.4. The van der Waals surface area contributed by atoms with E-state index in [2.05, 4.69) is 5.16 Å². The van der Waals surface area contributed by atoms with E-state index in [0.29, 0.717) is 17.9 Å². The van der Waals surface area contributed by atoms with E-state index < -0.39 is 0 Å². The Balaban J connectivity index is 2.88. The molecule has 1 aromatic rings. The van der Waals surface area contributed by atoms with Gasteiger partial charge in [-0.1, -0.05) is 17.3 Å². The summed E-state index contributed by atoms with van der Waals surface area (Å²) in [5, 5.41) is 13.3. The van der Waals surface area contributed by atoms with Crippen molar-refractivity contribution in [3.8, 4) is 5.75 Å². The zero-order valence-corrected chi connectivity index (χ0v) is 7.82. The minimum absolute atomic E-state index is 0.225. The SMILES string of the molecule is CCO/N=C(/C)c1ccccc1O. The van der Waals surface area contributed by atoms with Crippen molar-refractivity contribution in [1.82, 2.24) is 0 Å².